The van der Waals surface area contributed by atoms with E-state index in [2.05, 4.69) is 9.97 Å². The summed E-state index contributed by atoms with van der Waals surface area (Å²) in [4.78, 5) is 28.6. The molecule has 0 saturated carbocycles. The highest BCUT2D eigenvalue weighted by molar-refractivity contribution is 5.81. The highest BCUT2D eigenvalue weighted by atomic mass is 16.6. The summed E-state index contributed by atoms with van der Waals surface area (Å²) in [7, 11) is 1.51. The first kappa shape index (κ1) is 14.1. The van der Waals surface area contributed by atoms with Gasteiger partial charge in [0.05, 0.1) is 28.8 Å². The minimum Gasteiger partial charge on any atom is -0.383 e. The van der Waals surface area contributed by atoms with Gasteiger partial charge < -0.3 is 15.5 Å². The molecule has 1 aromatic carbocycles. The van der Waals surface area contributed by atoms with E-state index in [1.54, 1.807) is 0 Å². The van der Waals surface area contributed by atoms with Gasteiger partial charge in [-0.3, -0.25) is 14.9 Å². The minimum absolute atomic E-state index is 0.137. The summed E-state index contributed by atoms with van der Waals surface area (Å²) >= 11 is 0. The van der Waals surface area contributed by atoms with Gasteiger partial charge in [0.2, 0.25) is 0 Å². The fourth-order valence-electron chi connectivity index (χ4n) is 2.04. The van der Waals surface area contributed by atoms with Gasteiger partial charge in [-0.15, -0.1) is 0 Å². The predicted molar refractivity (Wildman–Crippen MR) is 72.6 cm³/mol. The molecule has 0 aliphatic rings. The normalized spacial score (nSPS) is 12.5. The molecule has 0 radical (unpaired) electrons. The Morgan fingerprint density at radius 2 is 2.30 bits per heavy atom. The highest BCUT2D eigenvalue weighted by Gasteiger charge is 2.19. The van der Waals surface area contributed by atoms with Crippen LogP contribution in [0.4, 0.5) is 5.69 Å². The quantitative estimate of drug-likeness (QED) is 0.600. The SMILES string of the molecule is COCC(N)Cc1cc2nc[nH]c(=O)c2cc1[N+](=O)[O-]. The number of aromatic amines is 1. The molecule has 3 N–H and O–H groups in total. The number of nitrogens with zero attached hydrogens (tertiary/aromatic N) is 2. The van der Waals surface area contributed by atoms with Gasteiger partial charge >= 0.3 is 0 Å². The van der Waals surface area contributed by atoms with E-state index in [1.807, 2.05) is 0 Å². The summed E-state index contributed by atoms with van der Waals surface area (Å²) in [6, 6.07) is 2.40. The number of nitro groups is 1. The molecule has 106 valence electrons. The van der Waals surface area contributed by atoms with Gasteiger partial charge in [-0.2, -0.15) is 0 Å². The summed E-state index contributed by atoms with van der Waals surface area (Å²) in [6.45, 7) is 0.290. The maximum absolute atomic E-state index is 11.6. The van der Waals surface area contributed by atoms with E-state index >= 15 is 0 Å². The van der Waals surface area contributed by atoms with Crippen molar-refractivity contribution in [1.82, 2.24) is 9.97 Å². The van der Waals surface area contributed by atoms with E-state index < -0.39 is 10.5 Å². The molecule has 20 heavy (non-hydrogen) atoms. The number of nitrogens with two attached hydrogens (primary N) is 1. The summed E-state index contributed by atoms with van der Waals surface area (Å²) in [5, 5.41) is 11.3. The average Bonchev–Trinajstić information content (AvgIpc) is 2.38. The molecule has 2 aromatic rings. The number of methoxy groups -OCH3 is 1. The topological polar surface area (TPSA) is 124 Å². The molecule has 1 atom stereocenters. The monoisotopic (exact) mass is 278 g/mol. The van der Waals surface area contributed by atoms with E-state index in [9.17, 15) is 14.9 Å². The molecule has 2 rings (SSSR count). The lowest BCUT2D eigenvalue weighted by Gasteiger charge is -2.11. The third-order valence-electron chi connectivity index (χ3n) is 2.90. The summed E-state index contributed by atoms with van der Waals surface area (Å²) in [6.07, 6.45) is 1.53. The Morgan fingerprint density at radius 1 is 1.55 bits per heavy atom. The molecule has 0 amide bonds. The molecule has 0 bridgehead atoms. The zero-order valence-corrected chi connectivity index (χ0v) is 10.8. The maximum Gasteiger partial charge on any atom is 0.273 e. The van der Waals surface area contributed by atoms with E-state index in [0.29, 0.717) is 11.1 Å². The summed E-state index contributed by atoms with van der Waals surface area (Å²) < 4.78 is 4.92. The fraction of sp³-hybridized carbons (Fsp3) is 0.333. The molecular weight excluding hydrogens is 264 g/mol. The van der Waals surface area contributed by atoms with Crippen molar-refractivity contribution >= 4 is 16.6 Å². The van der Waals surface area contributed by atoms with Gasteiger partial charge in [-0.05, 0) is 12.5 Å². The second-order valence-electron chi connectivity index (χ2n) is 4.41. The van der Waals surface area contributed by atoms with Crippen molar-refractivity contribution in [3.8, 4) is 0 Å². The molecule has 0 aliphatic carbocycles. The van der Waals surface area contributed by atoms with E-state index in [4.69, 9.17) is 10.5 Å². The molecule has 1 heterocycles. The Morgan fingerprint density at radius 3 is 2.95 bits per heavy atom. The molecule has 1 aromatic heterocycles. The zero-order valence-electron chi connectivity index (χ0n) is 10.8. The molecule has 8 nitrogen and oxygen atoms in total. The first-order valence-corrected chi connectivity index (χ1v) is 5.92. The van der Waals surface area contributed by atoms with Crippen LogP contribution >= 0.6 is 0 Å². The molecule has 1 unspecified atom stereocenters. The Kier molecular flexibility index (Phi) is 4.06. The first-order chi connectivity index (χ1) is 9.52. The second kappa shape index (κ2) is 5.76. The molecule has 0 saturated heterocycles. The van der Waals surface area contributed by atoms with Gasteiger partial charge in [-0.25, -0.2) is 4.98 Å². The second-order valence-corrected chi connectivity index (χ2v) is 4.41. The minimum atomic E-state index is -0.527. The van der Waals surface area contributed by atoms with Crippen LogP contribution in [0.25, 0.3) is 10.9 Å². The van der Waals surface area contributed by atoms with Crippen LogP contribution in [-0.4, -0.2) is 34.6 Å². The van der Waals surface area contributed by atoms with Crippen molar-refractivity contribution < 1.29 is 9.66 Å². The highest BCUT2D eigenvalue weighted by Crippen LogP contribution is 2.24. The van der Waals surface area contributed by atoms with Crippen LogP contribution in [0, 0.1) is 10.1 Å². The third kappa shape index (κ3) is 2.81. The van der Waals surface area contributed by atoms with Crippen LogP contribution in [-0.2, 0) is 11.2 Å². The maximum atomic E-state index is 11.6. The number of ether oxygens (including phenoxy) is 1. The third-order valence-corrected chi connectivity index (χ3v) is 2.90. The molecule has 0 fully saturated rings. The smallest absolute Gasteiger partial charge is 0.273 e. The lowest BCUT2D eigenvalue weighted by atomic mass is 10.0. The van der Waals surface area contributed by atoms with Crippen molar-refractivity contribution in [2.24, 2.45) is 5.73 Å². The summed E-state index contributed by atoms with van der Waals surface area (Å²) in [5.41, 5.74) is 6.11. The molecule has 8 heteroatoms. The van der Waals surface area contributed by atoms with Gasteiger partial charge in [0.25, 0.3) is 11.2 Å². The largest absolute Gasteiger partial charge is 0.383 e. The van der Waals surface area contributed by atoms with Crippen LogP contribution in [0.15, 0.2) is 23.3 Å². The van der Waals surface area contributed by atoms with Crippen LogP contribution in [0.3, 0.4) is 0 Å². The number of hydrogen-bond donors (Lipinski definition) is 2. The number of benzene rings is 1. The summed E-state index contributed by atoms with van der Waals surface area (Å²) in [5.74, 6) is 0. The lowest BCUT2D eigenvalue weighted by molar-refractivity contribution is -0.385. The molecule has 0 aliphatic heterocycles. The zero-order chi connectivity index (χ0) is 14.7. The standard InChI is InChI=1S/C12H14N4O4/c1-20-5-8(13)2-7-3-10-9(4-11(7)16(18)19)12(17)15-6-14-10/h3-4,6,8H,2,5,13H2,1H3,(H,14,15,17). The van der Waals surface area contributed by atoms with Crippen molar-refractivity contribution in [2.75, 3.05) is 13.7 Å². The van der Waals surface area contributed by atoms with E-state index in [1.165, 1.54) is 25.6 Å². The van der Waals surface area contributed by atoms with Crippen LogP contribution in [0.2, 0.25) is 0 Å². The molecular formula is C12H14N4O4. The van der Waals surface area contributed by atoms with Gasteiger partial charge in [0.1, 0.15) is 0 Å². The van der Waals surface area contributed by atoms with Gasteiger partial charge in [-0.1, -0.05) is 0 Å². The lowest BCUT2D eigenvalue weighted by Crippen LogP contribution is -2.28. The number of fused-ring (bicyclic) bond motifs is 1. The van der Waals surface area contributed by atoms with Crippen molar-refractivity contribution in [2.45, 2.75) is 12.5 Å². The predicted octanol–water partition coefficient (Wildman–Crippen LogP) is 0.347. The fourth-order valence-corrected chi connectivity index (χ4v) is 2.04. The number of aromatic nitrogens is 2. The first-order valence-electron chi connectivity index (χ1n) is 5.92. The Bertz CT molecular complexity index is 697. The Hall–Kier alpha value is -2.32. The number of hydrogen-bond acceptors (Lipinski definition) is 6. The van der Waals surface area contributed by atoms with Crippen LogP contribution in [0.1, 0.15) is 5.56 Å². The van der Waals surface area contributed by atoms with Crippen molar-refractivity contribution in [3.05, 3.63) is 44.5 Å². The van der Waals surface area contributed by atoms with E-state index in [-0.39, 0.29) is 30.1 Å². The number of H-pyrrole nitrogens is 1. The molecule has 0 spiro atoms. The average molecular weight is 278 g/mol. The van der Waals surface area contributed by atoms with Gasteiger partial charge in [0.15, 0.2) is 0 Å². The van der Waals surface area contributed by atoms with E-state index in [0.717, 1.165) is 0 Å². The Labute approximate surface area is 113 Å². The van der Waals surface area contributed by atoms with Crippen LogP contribution in [0.5, 0.6) is 0 Å². The van der Waals surface area contributed by atoms with Crippen molar-refractivity contribution in [3.63, 3.8) is 0 Å². The number of rotatable bonds is 5. The number of nitrogens with one attached hydrogen (secondary N) is 1. The van der Waals surface area contributed by atoms with Crippen LogP contribution < -0.4 is 11.3 Å². The Balaban J connectivity index is 2.54. The number of nitro benzene ring substituents is 1. The van der Waals surface area contributed by atoms with Crippen molar-refractivity contribution in [1.29, 1.82) is 0 Å². The van der Waals surface area contributed by atoms with Gasteiger partial charge in [0, 0.05) is 24.8 Å².